The first-order chi connectivity index (χ1) is 9.92. The van der Waals surface area contributed by atoms with E-state index in [1.165, 1.54) is 18.4 Å². The zero-order valence-electron chi connectivity index (χ0n) is 11.5. The van der Waals surface area contributed by atoms with E-state index in [2.05, 4.69) is 45.8 Å². The summed E-state index contributed by atoms with van der Waals surface area (Å²) in [5.74, 6) is 3.14. The second-order valence-electron chi connectivity index (χ2n) is 5.89. The van der Waals surface area contributed by atoms with Crippen LogP contribution in [0.15, 0.2) is 34.9 Å². The average molecular weight is 269 g/mol. The number of hydrogen-bond acceptors (Lipinski definition) is 4. The molecule has 104 valence electrons. The quantitative estimate of drug-likeness (QED) is 0.931. The molecule has 0 amide bonds. The minimum absolute atomic E-state index is 0.426. The Balaban J connectivity index is 1.47. The van der Waals surface area contributed by atoms with E-state index >= 15 is 0 Å². The summed E-state index contributed by atoms with van der Waals surface area (Å²) in [5, 5.41) is 7.60. The highest BCUT2D eigenvalue weighted by atomic mass is 16.5. The molecule has 0 bridgehead atoms. The van der Waals surface area contributed by atoms with E-state index in [4.69, 9.17) is 4.52 Å². The smallest absolute Gasteiger partial charge is 0.230 e. The van der Waals surface area contributed by atoms with Gasteiger partial charge in [0.25, 0.3) is 0 Å². The number of rotatable bonds is 3. The molecule has 1 aromatic carbocycles. The highest BCUT2D eigenvalue weighted by Gasteiger charge is 2.43. The van der Waals surface area contributed by atoms with Crippen molar-refractivity contribution < 1.29 is 4.52 Å². The Labute approximate surface area is 118 Å². The van der Waals surface area contributed by atoms with Crippen LogP contribution in [0.5, 0.6) is 0 Å². The first-order valence-corrected chi connectivity index (χ1v) is 7.51. The first kappa shape index (κ1) is 12.1. The number of aromatic nitrogens is 2. The minimum atomic E-state index is 0.426. The van der Waals surface area contributed by atoms with Gasteiger partial charge in [-0.2, -0.15) is 4.98 Å². The molecular formula is C16H19N3O. The summed E-state index contributed by atoms with van der Waals surface area (Å²) in [6.45, 7) is 2.09. The van der Waals surface area contributed by atoms with E-state index in [-0.39, 0.29) is 0 Å². The van der Waals surface area contributed by atoms with Crippen molar-refractivity contribution in [2.75, 3.05) is 13.1 Å². The third-order valence-corrected chi connectivity index (χ3v) is 4.45. The molecule has 1 aliphatic heterocycles. The van der Waals surface area contributed by atoms with Crippen molar-refractivity contribution in [3.63, 3.8) is 0 Å². The normalized spacial score (nSPS) is 29.3. The minimum Gasteiger partial charge on any atom is -0.339 e. The molecular weight excluding hydrogens is 250 g/mol. The zero-order chi connectivity index (χ0) is 13.4. The van der Waals surface area contributed by atoms with E-state index in [9.17, 15) is 0 Å². The van der Waals surface area contributed by atoms with Crippen LogP contribution in [0.25, 0.3) is 0 Å². The highest BCUT2D eigenvalue weighted by Crippen LogP contribution is 2.54. The average Bonchev–Trinajstić information content (AvgIpc) is 3.18. The largest absolute Gasteiger partial charge is 0.339 e. The first-order valence-electron chi connectivity index (χ1n) is 7.51. The number of hydrogen-bond donors (Lipinski definition) is 1. The van der Waals surface area contributed by atoms with Crippen LogP contribution in [0.4, 0.5) is 0 Å². The molecule has 4 nitrogen and oxygen atoms in total. The molecule has 2 aromatic rings. The van der Waals surface area contributed by atoms with Gasteiger partial charge in [0.05, 0.1) is 0 Å². The monoisotopic (exact) mass is 269 g/mol. The van der Waals surface area contributed by atoms with Gasteiger partial charge in [0, 0.05) is 18.4 Å². The fourth-order valence-corrected chi connectivity index (χ4v) is 3.17. The van der Waals surface area contributed by atoms with Gasteiger partial charge < -0.3 is 9.84 Å². The Kier molecular flexibility index (Phi) is 3.03. The Hall–Kier alpha value is -1.68. The molecule has 20 heavy (non-hydrogen) atoms. The van der Waals surface area contributed by atoms with E-state index in [0.717, 1.165) is 31.2 Å². The Morgan fingerprint density at radius 1 is 1.15 bits per heavy atom. The maximum Gasteiger partial charge on any atom is 0.230 e. The molecule has 3 unspecified atom stereocenters. The molecule has 2 fully saturated rings. The summed E-state index contributed by atoms with van der Waals surface area (Å²) in [4.78, 5) is 4.65. The zero-order valence-corrected chi connectivity index (χ0v) is 11.5. The van der Waals surface area contributed by atoms with Crippen molar-refractivity contribution in [2.24, 2.45) is 0 Å². The van der Waals surface area contributed by atoms with Crippen LogP contribution in [-0.2, 0) is 0 Å². The molecule has 2 aliphatic rings. The van der Waals surface area contributed by atoms with Gasteiger partial charge in [-0.15, -0.1) is 0 Å². The highest BCUT2D eigenvalue weighted by molar-refractivity contribution is 5.30. The maximum absolute atomic E-state index is 5.50. The van der Waals surface area contributed by atoms with Gasteiger partial charge in [-0.25, -0.2) is 0 Å². The van der Waals surface area contributed by atoms with Gasteiger partial charge in [0.15, 0.2) is 5.82 Å². The summed E-state index contributed by atoms with van der Waals surface area (Å²) in [7, 11) is 0. The predicted molar refractivity (Wildman–Crippen MR) is 75.7 cm³/mol. The second-order valence-corrected chi connectivity index (χ2v) is 5.89. The van der Waals surface area contributed by atoms with E-state index in [1.807, 2.05) is 0 Å². The molecule has 1 saturated heterocycles. The molecule has 2 heterocycles. The molecule has 4 heteroatoms. The molecule has 0 radical (unpaired) electrons. The van der Waals surface area contributed by atoms with Crippen molar-refractivity contribution in [1.82, 2.24) is 15.5 Å². The molecule has 3 atom stereocenters. The Bertz CT molecular complexity index is 574. The Morgan fingerprint density at radius 3 is 2.85 bits per heavy atom. The topological polar surface area (TPSA) is 51.0 Å². The van der Waals surface area contributed by atoms with Crippen LogP contribution < -0.4 is 5.32 Å². The van der Waals surface area contributed by atoms with E-state index in [1.54, 1.807) is 0 Å². The van der Waals surface area contributed by atoms with Gasteiger partial charge in [-0.3, -0.25) is 0 Å². The number of piperidine rings is 1. The number of nitrogens with one attached hydrogen (secondary N) is 1. The van der Waals surface area contributed by atoms with Gasteiger partial charge in [-0.05, 0) is 37.3 Å². The summed E-state index contributed by atoms with van der Waals surface area (Å²) >= 11 is 0. The van der Waals surface area contributed by atoms with Crippen molar-refractivity contribution in [1.29, 1.82) is 0 Å². The lowest BCUT2D eigenvalue weighted by atomic mass is 9.99. The van der Waals surface area contributed by atoms with E-state index < -0.39 is 0 Å². The third kappa shape index (κ3) is 2.24. The maximum atomic E-state index is 5.50. The van der Waals surface area contributed by atoms with Gasteiger partial charge in [0.1, 0.15) is 0 Å². The molecule has 4 rings (SSSR count). The second kappa shape index (κ2) is 5.02. The molecule has 1 aromatic heterocycles. The number of benzene rings is 1. The van der Waals surface area contributed by atoms with Crippen LogP contribution in [0.1, 0.15) is 54.3 Å². The molecule has 0 spiro atoms. The SMILES string of the molecule is c1ccc(C2CC2c2nc(C3CCCNC3)no2)cc1. The van der Waals surface area contributed by atoms with Crippen LogP contribution in [0.3, 0.4) is 0 Å². The molecule has 1 saturated carbocycles. The lowest BCUT2D eigenvalue weighted by Crippen LogP contribution is -2.28. The lowest BCUT2D eigenvalue weighted by Gasteiger charge is -2.19. The van der Waals surface area contributed by atoms with Crippen LogP contribution in [0, 0.1) is 0 Å². The number of nitrogens with zero attached hydrogens (tertiary/aromatic N) is 2. The lowest BCUT2D eigenvalue weighted by molar-refractivity contribution is 0.361. The van der Waals surface area contributed by atoms with Gasteiger partial charge in [0.2, 0.25) is 5.89 Å². The fourth-order valence-electron chi connectivity index (χ4n) is 3.17. The summed E-state index contributed by atoms with van der Waals surface area (Å²) < 4.78 is 5.50. The van der Waals surface area contributed by atoms with Crippen molar-refractivity contribution in [3.8, 4) is 0 Å². The standard InChI is InChI=1S/C16H19N3O/c1-2-5-11(6-3-1)13-9-14(13)16-18-15(19-20-16)12-7-4-8-17-10-12/h1-3,5-6,12-14,17H,4,7-10H2. The van der Waals surface area contributed by atoms with Gasteiger partial charge in [-0.1, -0.05) is 35.5 Å². The summed E-state index contributed by atoms with van der Waals surface area (Å²) in [6.07, 6.45) is 3.50. The molecule has 1 N–H and O–H groups in total. The van der Waals surface area contributed by atoms with E-state index in [0.29, 0.717) is 17.8 Å². The van der Waals surface area contributed by atoms with Crippen LogP contribution >= 0.6 is 0 Å². The summed E-state index contributed by atoms with van der Waals surface area (Å²) in [5.41, 5.74) is 1.39. The Morgan fingerprint density at radius 2 is 2.05 bits per heavy atom. The fraction of sp³-hybridized carbons (Fsp3) is 0.500. The molecule has 1 aliphatic carbocycles. The third-order valence-electron chi connectivity index (χ3n) is 4.45. The predicted octanol–water partition coefficient (Wildman–Crippen LogP) is 2.81. The summed E-state index contributed by atoms with van der Waals surface area (Å²) in [6, 6.07) is 10.6. The van der Waals surface area contributed by atoms with Crippen molar-refractivity contribution in [3.05, 3.63) is 47.6 Å². The van der Waals surface area contributed by atoms with Gasteiger partial charge >= 0.3 is 0 Å². The van der Waals surface area contributed by atoms with Crippen molar-refractivity contribution >= 4 is 0 Å². The van der Waals surface area contributed by atoms with Crippen LogP contribution in [-0.4, -0.2) is 23.2 Å². The van der Waals surface area contributed by atoms with Crippen LogP contribution in [0.2, 0.25) is 0 Å². The van der Waals surface area contributed by atoms with Crippen molar-refractivity contribution in [2.45, 2.75) is 37.0 Å².